The summed E-state index contributed by atoms with van der Waals surface area (Å²) in [6.07, 6.45) is 3.75. The van der Waals surface area contributed by atoms with E-state index < -0.39 is 29.4 Å². The highest BCUT2D eigenvalue weighted by Gasteiger charge is 2.70. The molecule has 4 unspecified atom stereocenters. The fraction of sp³-hybridized carbons (Fsp3) is 0.167. The van der Waals surface area contributed by atoms with Crippen molar-refractivity contribution in [3.05, 3.63) is 131 Å². The fourth-order valence-corrected chi connectivity index (χ4v) is 7.13. The average molecular weight is 585 g/mol. The number of nitrogens with one attached hydrogen (secondary N) is 1. The average Bonchev–Trinajstić information content (AvgIpc) is 3.52. The second-order valence-corrected chi connectivity index (χ2v) is 11.2. The first-order valence-electron chi connectivity index (χ1n) is 14.3. The van der Waals surface area contributed by atoms with Crippen molar-refractivity contribution in [2.45, 2.75) is 24.4 Å². The van der Waals surface area contributed by atoms with Gasteiger partial charge in [-0.15, -0.1) is 0 Å². The Morgan fingerprint density at radius 3 is 2.14 bits per heavy atom. The van der Waals surface area contributed by atoms with Crippen LogP contribution in [0.3, 0.4) is 0 Å². The van der Waals surface area contributed by atoms with E-state index in [4.69, 9.17) is 9.47 Å². The van der Waals surface area contributed by atoms with Crippen LogP contribution in [-0.4, -0.2) is 41.5 Å². The van der Waals surface area contributed by atoms with Crippen molar-refractivity contribution in [1.29, 1.82) is 0 Å². The maximum Gasteiger partial charge on any atom is 0.308 e. The van der Waals surface area contributed by atoms with Crippen LogP contribution in [0, 0.1) is 5.92 Å². The lowest BCUT2D eigenvalue weighted by molar-refractivity contribution is -0.131. The molecule has 4 atom stereocenters. The van der Waals surface area contributed by atoms with E-state index in [9.17, 15) is 19.2 Å². The molecule has 8 heteroatoms. The van der Waals surface area contributed by atoms with E-state index in [-0.39, 0.29) is 17.5 Å². The minimum absolute atomic E-state index is 0.302. The number of methoxy groups -OCH3 is 1. The number of rotatable bonds is 6. The highest BCUT2D eigenvalue weighted by atomic mass is 16.5. The Bertz CT molecular complexity index is 1860. The van der Waals surface area contributed by atoms with Crippen LogP contribution in [0.1, 0.15) is 50.4 Å². The molecule has 4 aromatic rings. The molecule has 3 heterocycles. The van der Waals surface area contributed by atoms with Gasteiger partial charge in [0.05, 0.1) is 19.1 Å². The number of carbonyl (C=O) groups is 4. The molecule has 0 bridgehead atoms. The lowest BCUT2D eigenvalue weighted by Gasteiger charge is -2.38. The molecule has 0 saturated carbocycles. The summed E-state index contributed by atoms with van der Waals surface area (Å²) in [5.74, 6) is -1.66. The molecule has 8 nitrogen and oxygen atoms in total. The topological polar surface area (TPSA) is 102 Å². The van der Waals surface area contributed by atoms with Crippen LogP contribution in [-0.2, 0) is 15.0 Å². The zero-order valence-corrected chi connectivity index (χ0v) is 24.0. The van der Waals surface area contributed by atoms with Gasteiger partial charge in [0.1, 0.15) is 23.0 Å². The zero-order chi connectivity index (χ0) is 30.6. The summed E-state index contributed by atoms with van der Waals surface area (Å²) >= 11 is 0. The Kier molecular flexibility index (Phi) is 6.43. The molecule has 44 heavy (non-hydrogen) atoms. The summed E-state index contributed by atoms with van der Waals surface area (Å²) in [4.78, 5) is 57.4. The van der Waals surface area contributed by atoms with E-state index in [0.717, 1.165) is 11.1 Å². The quantitative estimate of drug-likeness (QED) is 0.179. The number of amides is 1. The number of hydrogen-bond acceptors (Lipinski definition) is 7. The molecule has 1 amide bonds. The van der Waals surface area contributed by atoms with Gasteiger partial charge < -0.3 is 19.7 Å². The van der Waals surface area contributed by atoms with Gasteiger partial charge in [-0.1, -0.05) is 42.5 Å². The van der Waals surface area contributed by atoms with Gasteiger partial charge in [-0.05, 0) is 77.4 Å². The van der Waals surface area contributed by atoms with Gasteiger partial charge in [-0.2, -0.15) is 0 Å². The van der Waals surface area contributed by atoms with Crippen molar-refractivity contribution in [3.63, 3.8) is 0 Å². The molecular formula is C36H28N2O6. The number of fused-ring (bicyclic) bond motifs is 6. The minimum Gasteiger partial charge on any atom is -0.497 e. The maximum atomic E-state index is 14.9. The molecule has 7 rings (SSSR count). The highest BCUT2D eigenvalue weighted by molar-refractivity contribution is 6.16. The number of para-hydroxylation sites is 1. The van der Waals surface area contributed by atoms with Gasteiger partial charge in [0.15, 0.2) is 11.6 Å². The Hall–Kier alpha value is -5.50. The predicted octanol–water partition coefficient (Wildman–Crippen LogP) is 5.60. The van der Waals surface area contributed by atoms with E-state index in [1.165, 1.54) is 6.92 Å². The van der Waals surface area contributed by atoms with Crippen molar-refractivity contribution in [2.24, 2.45) is 5.92 Å². The Morgan fingerprint density at radius 2 is 1.43 bits per heavy atom. The van der Waals surface area contributed by atoms with E-state index in [2.05, 4.69) is 5.32 Å². The third kappa shape index (κ3) is 3.98. The standard InChI is InChI=1S/C36H28N2O6/c1-21(39)44-26-17-13-24(14-18-26)33(41)31-30(32(40)23-11-15-25(43-2)16-12-23)36(28-9-5-6-10-29(28)37-35(36)42)34-27-8-4-3-7-22(27)19-20-38(31)34/h3-20,30-31,34H,1-2H3,(H,37,42). The predicted molar refractivity (Wildman–Crippen MR) is 163 cm³/mol. The van der Waals surface area contributed by atoms with Crippen molar-refractivity contribution >= 4 is 35.2 Å². The summed E-state index contributed by atoms with van der Waals surface area (Å²) in [5, 5.41) is 3.05. The van der Waals surface area contributed by atoms with Crippen LogP contribution in [0.5, 0.6) is 11.5 Å². The number of ether oxygens (including phenoxy) is 2. The monoisotopic (exact) mass is 584 g/mol. The molecule has 1 saturated heterocycles. The molecule has 1 fully saturated rings. The first kappa shape index (κ1) is 27.3. The van der Waals surface area contributed by atoms with Crippen LogP contribution in [0.4, 0.5) is 5.69 Å². The second kappa shape index (κ2) is 10.3. The van der Waals surface area contributed by atoms with E-state index >= 15 is 0 Å². The number of ketones is 2. The number of nitrogens with zero attached hydrogens (tertiary/aromatic N) is 1. The number of anilines is 1. The lowest BCUT2D eigenvalue weighted by Crippen LogP contribution is -2.49. The van der Waals surface area contributed by atoms with Crippen LogP contribution in [0.15, 0.2) is 103 Å². The summed E-state index contributed by atoms with van der Waals surface area (Å²) < 4.78 is 10.5. The maximum absolute atomic E-state index is 14.9. The van der Waals surface area contributed by atoms with Crippen molar-refractivity contribution in [1.82, 2.24) is 4.90 Å². The highest BCUT2D eigenvalue weighted by Crippen LogP contribution is 2.62. The van der Waals surface area contributed by atoms with Gasteiger partial charge in [0, 0.05) is 29.9 Å². The number of hydrogen-bond donors (Lipinski definition) is 1. The molecule has 1 spiro atoms. The summed E-state index contributed by atoms with van der Waals surface area (Å²) in [6, 6.07) is 26.5. The van der Waals surface area contributed by atoms with Crippen LogP contribution in [0.2, 0.25) is 0 Å². The van der Waals surface area contributed by atoms with Gasteiger partial charge in [-0.3, -0.25) is 19.2 Å². The fourth-order valence-electron chi connectivity index (χ4n) is 7.13. The third-order valence-electron chi connectivity index (χ3n) is 8.90. The SMILES string of the molecule is COc1ccc(C(=O)C2C(C(=O)c3ccc(OC(C)=O)cc3)N3C=Cc4ccccc4C3C23C(=O)Nc2ccccc23)cc1. The first-order valence-corrected chi connectivity index (χ1v) is 14.3. The molecule has 3 aliphatic heterocycles. The third-order valence-corrected chi connectivity index (χ3v) is 8.90. The summed E-state index contributed by atoms with van der Waals surface area (Å²) in [7, 11) is 1.55. The molecule has 0 aliphatic carbocycles. The van der Waals surface area contributed by atoms with E-state index in [1.54, 1.807) is 55.6 Å². The second-order valence-electron chi connectivity index (χ2n) is 11.2. The number of esters is 1. The molecule has 218 valence electrons. The molecular weight excluding hydrogens is 556 g/mol. The normalized spacial score (nSPS) is 22.5. The zero-order valence-electron chi connectivity index (χ0n) is 24.0. The number of carbonyl (C=O) groups excluding carboxylic acids is 4. The first-order chi connectivity index (χ1) is 21.3. The molecule has 0 radical (unpaired) electrons. The Balaban J connectivity index is 1.47. The molecule has 1 N–H and O–H groups in total. The van der Waals surface area contributed by atoms with Crippen molar-refractivity contribution < 1.29 is 28.7 Å². The summed E-state index contributed by atoms with van der Waals surface area (Å²) in [5.41, 5.74) is 2.34. The summed E-state index contributed by atoms with van der Waals surface area (Å²) in [6.45, 7) is 1.30. The Morgan fingerprint density at radius 1 is 0.795 bits per heavy atom. The van der Waals surface area contributed by atoms with E-state index in [0.29, 0.717) is 33.9 Å². The number of Topliss-reactive ketones (excluding diaryl/α,β-unsaturated/α-hetero) is 2. The van der Waals surface area contributed by atoms with Gasteiger partial charge >= 0.3 is 5.97 Å². The lowest BCUT2D eigenvalue weighted by atomic mass is 9.62. The van der Waals surface area contributed by atoms with Gasteiger partial charge in [-0.25, -0.2) is 0 Å². The van der Waals surface area contributed by atoms with Crippen molar-refractivity contribution in [3.8, 4) is 11.5 Å². The largest absolute Gasteiger partial charge is 0.497 e. The molecule has 4 aromatic carbocycles. The molecule has 0 aromatic heterocycles. The number of benzene rings is 4. The molecule has 3 aliphatic rings. The van der Waals surface area contributed by atoms with Crippen LogP contribution < -0.4 is 14.8 Å². The van der Waals surface area contributed by atoms with Gasteiger partial charge in [0.2, 0.25) is 5.91 Å². The van der Waals surface area contributed by atoms with Crippen LogP contribution in [0.25, 0.3) is 6.08 Å². The van der Waals surface area contributed by atoms with Crippen LogP contribution >= 0.6 is 0 Å². The Labute approximate surface area is 253 Å². The smallest absolute Gasteiger partial charge is 0.308 e. The minimum atomic E-state index is -1.42. The van der Waals surface area contributed by atoms with Crippen molar-refractivity contribution in [2.75, 3.05) is 12.4 Å². The van der Waals surface area contributed by atoms with Gasteiger partial charge in [0.25, 0.3) is 0 Å². The van der Waals surface area contributed by atoms with E-state index in [1.807, 2.05) is 65.7 Å².